The fourth-order valence-corrected chi connectivity index (χ4v) is 1.50. The lowest BCUT2D eigenvalue weighted by molar-refractivity contribution is 0.288. The second-order valence-corrected chi connectivity index (χ2v) is 3.61. The largest absolute Gasteiger partial charge is 0.504 e. The second-order valence-electron chi connectivity index (χ2n) is 3.61. The molecule has 2 aromatic rings. The van der Waals surface area contributed by atoms with Crippen molar-refractivity contribution in [2.24, 2.45) is 0 Å². The number of rotatable bonds is 4. The van der Waals surface area contributed by atoms with Crippen molar-refractivity contribution in [3.63, 3.8) is 0 Å². The van der Waals surface area contributed by atoms with Crippen molar-refractivity contribution in [3.8, 4) is 17.2 Å². The predicted octanol–water partition coefficient (Wildman–Crippen LogP) is 2.98. The van der Waals surface area contributed by atoms with E-state index in [2.05, 4.69) is 0 Å². The summed E-state index contributed by atoms with van der Waals surface area (Å²) in [6, 6.07) is 14.5. The highest BCUT2D eigenvalue weighted by atomic mass is 16.5. The molecule has 0 saturated heterocycles. The number of methoxy groups -OCH3 is 1. The lowest BCUT2D eigenvalue weighted by Crippen LogP contribution is -1.96. The molecule has 0 radical (unpaired) electrons. The van der Waals surface area contributed by atoms with Crippen molar-refractivity contribution in [2.45, 2.75) is 6.61 Å². The van der Waals surface area contributed by atoms with Crippen LogP contribution in [0, 0.1) is 0 Å². The van der Waals surface area contributed by atoms with Crippen LogP contribution in [0.2, 0.25) is 0 Å². The maximum Gasteiger partial charge on any atom is 0.161 e. The molecule has 0 atom stereocenters. The molecular formula is C14H14O3. The van der Waals surface area contributed by atoms with E-state index >= 15 is 0 Å². The van der Waals surface area contributed by atoms with Gasteiger partial charge in [-0.25, -0.2) is 0 Å². The van der Waals surface area contributed by atoms with E-state index in [1.165, 1.54) is 0 Å². The molecule has 0 aliphatic carbocycles. The van der Waals surface area contributed by atoms with Gasteiger partial charge >= 0.3 is 0 Å². The van der Waals surface area contributed by atoms with Crippen molar-refractivity contribution in [1.29, 1.82) is 0 Å². The zero-order valence-electron chi connectivity index (χ0n) is 9.59. The molecule has 2 aromatic carbocycles. The fourth-order valence-electron chi connectivity index (χ4n) is 1.50. The van der Waals surface area contributed by atoms with Gasteiger partial charge in [-0.1, -0.05) is 24.3 Å². The minimum absolute atomic E-state index is 0.149. The molecule has 0 fully saturated rings. The molecule has 0 aromatic heterocycles. The minimum Gasteiger partial charge on any atom is -0.504 e. The summed E-state index contributed by atoms with van der Waals surface area (Å²) >= 11 is 0. The molecule has 0 bridgehead atoms. The summed E-state index contributed by atoms with van der Waals surface area (Å²) in [6.07, 6.45) is 0. The van der Waals surface area contributed by atoms with Gasteiger partial charge in [0, 0.05) is 0 Å². The van der Waals surface area contributed by atoms with E-state index in [0.717, 1.165) is 11.3 Å². The smallest absolute Gasteiger partial charge is 0.161 e. The minimum atomic E-state index is 0.149. The number of phenols is 1. The molecule has 0 amide bonds. The number of hydrogen-bond acceptors (Lipinski definition) is 3. The molecule has 0 aliphatic rings. The first-order valence-electron chi connectivity index (χ1n) is 5.33. The summed E-state index contributed by atoms with van der Waals surface area (Å²) < 4.78 is 10.6. The summed E-state index contributed by atoms with van der Waals surface area (Å²) in [5.41, 5.74) is 0.993. The van der Waals surface area contributed by atoms with Gasteiger partial charge in [-0.3, -0.25) is 0 Å². The zero-order chi connectivity index (χ0) is 12.1. The van der Waals surface area contributed by atoms with Crippen LogP contribution in [0.1, 0.15) is 5.56 Å². The molecule has 0 heterocycles. The van der Waals surface area contributed by atoms with Crippen LogP contribution in [0.5, 0.6) is 17.2 Å². The van der Waals surface area contributed by atoms with Crippen molar-refractivity contribution < 1.29 is 14.6 Å². The van der Waals surface area contributed by atoms with E-state index in [1.807, 2.05) is 30.3 Å². The van der Waals surface area contributed by atoms with E-state index < -0.39 is 0 Å². The third-order valence-electron chi connectivity index (χ3n) is 2.39. The van der Waals surface area contributed by atoms with Crippen LogP contribution in [0.4, 0.5) is 0 Å². The predicted molar refractivity (Wildman–Crippen MR) is 65.4 cm³/mol. The highest BCUT2D eigenvalue weighted by Gasteiger charge is 2.01. The first-order valence-corrected chi connectivity index (χ1v) is 5.33. The van der Waals surface area contributed by atoms with E-state index in [4.69, 9.17) is 9.47 Å². The van der Waals surface area contributed by atoms with Crippen LogP contribution in [-0.2, 0) is 6.61 Å². The number of phenolic OH excluding ortho intramolecular Hbond substituents is 1. The topological polar surface area (TPSA) is 38.7 Å². The molecule has 2 rings (SSSR count). The quantitative estimate of drug-likeness (QED) is 0.877. The lowest BCUT2D eigenvalue weighted by Gasteiger charge is -2.08. The number of para-hydroxylation sites is 2. The second kappa shape index (κ2) is 5.25. The Kier molecular flexibility index (Phi) is 3.50. The first kappa shape index (κ1) is 11.3. The maximum atomic E-state index is 9.54. The Balaban J connectivity index is 2.05. The van der Waals surface area contributed by atoms with Crippen LogP contribution in [0.15, 0.2) is 48.5 Å². The van der Waals surface area contributed by atoms with Crippen molar-refractivity contribution >= 4 is 0 Å². The van der Waals surface area contributed by atoms with Crippen molar-refractivity contribution in [3.05, 3.63) is 54.1 Å². The molecule has 0 unspecified atom stereocenters. The van der Waals surface area contributed by atoms with Gasteiger partial charge in [-0.05, 0) is 29.8 Å². The SMILES string of the molecule is COc1cccc(COc2ccccc2O)c1. The summed E-state index contributed by atoms with van der Waals surface area (Å²) in [5.74, 6) is 1.43. The van der Waals surface area contributed by atoms with Crippen LogP contribution in [0.25, 0.3) is 0 Å². The van der Waals surface area contributed by atoms with Gasteiger partial charge in [-0.15, -0.1) is 0 Å². The lowest BCUT2D eigenvalue weighted by atomic mass is 10.2. The van der Waals surface area contributed by atoms with Gasteiger partial charge in [0.15, 0.2) is 11.5 Å². The molecule has 0 aliphatic heterocycles. The molecule has 0 saturated carbocycles. The van der Waals surface area contributed by atoms with E-state index in [0.29, 0.717) is 12.4 Å². The highest BCUT2D eigenvalue weighted by Crippen LogP contribution is 2.25. The average Bonchev–Trinajstić information content (AvgIpc) is 2.38. The number of ether oxygens (including phenoxy) is 2. The first-order chi connectivity index (χ1) is 8.29. The van der Waals surface area contributed by atoms with Crippen LogP contribution in [-0.4, -0.2) is 12.2 Å². The molecule has 1 N–H and O–H groups in total. The van der Waals surface area contributed by atoms with Gasteiger partial charge in [0.05, 0.1) is 7.11 Å². The fraction of sp³-hybridized carbons (Fsp3) is 0.143. The van der Waals surface area contributed by atoms with Crippen molar-refractivity contribution in [2.75, 3.05) is 7.11 Å². The van der Waals surface area contributed by atoms with Gasteiger partial charge in [0.25, 0.3) is 0 Å². The van der Waals surface area contributed by atoms with Crippen LogP contribution >= 0.6 is 0 Å². The normalized spacial score (nSPS) is 9.94. The van der Waals surface area contributed by atoms with E-state index in [1.54, 1.807) is 25.3 Å². The third kappa shape index (κ3) is 2.91. The van der Waals surface area contributed by atoms with Crippen LogP contribution in [0.3, 0.4) is 0 Å². The Labute approximate surface area is 100 Å². The Morgan fingerprint density at radius 1 is 1.06 bits per heavy atom. The van der Waals surface area contributed by atoms with Crippen LogP contribution < -0.4 is 9.47 Å². The van der Waals surface area contributed by atoms with Crippen molar-refractivity contribution in [1.82, 2.24) is 0 Å². The number of aromatic hydroxyl groups is 1. The van der Waals surface area contributed by atoms with E-state index in [9.17, 15) is 5.11 Å². The molecule has 3 nitrogen and oxygen atoms in total. The Bertz CT molecular complexity index is 494. The van der Waals surface area contributed by atoms with Gasteiger partial charge in [-0.2, -0.15) is 0 Å². The highest BCUT2D eigenvalue weighted by molar-refractivity contribution is 5.38. The Morgan fingerprint density at radius 2 is 1.88 bits per heavy atom. The molecular weight excluding hydrogens is 216 g/mol. The summed E-state index contributed by atoms with van der Waals surface area (Å²) in [7, 11) is 1.63. The third-order valence-corrected chi connectivity index (χ3v) is 2.39. The van der Waals surface area contributed by atoms with Gasteiger partial charge < -0.3 is 14.6 Å². The molecule has 88 valence electrons. The summed E-state index contributed by atoms with van der Waals surface area (Å²) in [6.45, 7) is 0.398. The van der Waals surface area contributed by atoms with E-state index in [-0.39, 0.29) is 5.75 Å². The monoisotopic (exact) mass is 230 g/mol. The van der Waals surface area contributed by atoms with Gasteiger partial charge in [0.2, 0.25) is 0 Å². The Morgan fingerprint density at radius 3 is 2.65 bits per heavy atom. The molecule has 3 heteroatoms. The molecule has 0 spiro atoms. The Hall–Kier alpha value is -2.16. The summed E-state index contributed by atoms with van der Waals surface area (Å²) in [5, 5.41) is 9.54. The number of hydrogen-bond donors (Lipinski definition) is 1. The number of benzene rings is 2. The van der Waals surface area contributed by atoms with Gasteiger partial charge in [0.1, 0.15) is 12.4 Å². The average molecular weight is 230 g/mol. The maximum absolute atomic E-state index is 9.54. The standard InChI is InChI=1S/C14H14O3/c1-16-12-6-4-5-11(9-12)10-17-14-8-3-2-7-13(14)15/h2-9,15H,10H2,1H3. The summed E-state index contributed by atoms with van der Waals surface area (Å²) in [4.78, 5) is 0. The zero-order valence-corrected chi connectivity index (χ0v) is 9.59. The molecule has 17 heavy (non-hydrogen) atoms.